The van der Waals surface area contributed by atoms with Crippen molar-refractivity contribution in [1.29, 1.82) is 0 Å². The molecule has 0 bridgehead atoms. The third-order valence-corrected chi connectivity index (χ3v) is 3.18. The van der Waals surface area contributed by atoms with Crippen molar-refractivity contribution >= 4 is 11.4 Å². The number of ether oxygens (including phenoxy) is 1. The lowest BCUT2D eigenvalue weighted by Crippen LogP contribution is -2.16. The van der Waals surface area contributed by atoms with Gasteiger partial charge in [-0.15, -0.1) is 0 Å². The summed E-state index contributed by atoms with van der Waals surface area (Å²) < 4.78 is 5.30. The second kappa shape index (κ2) is 8.37. The number of nitrogens with zero attached hydrogens (tertiary/aromatic N) is 1. The fraction of sp³-hybridized carbons (Fsp3) is 0.571. The van der Waals surface area contributed by atoms with Crippen molar-refractivity contribution in [2.24, 2.45) is 5.92 Å². The van der Waals surface area contributed by atoms with Gasteiger partial charge in [0.05, 0.1) is 11.5 Å². The van der Waals surface area contributed by atoms with E-state index in [4.69, 9.17) is 9.84 Å². The van der Waals surface area contributed by atoms with E-state index in [1.165, 1.54) is 0 Å². The Labute approximate surface area is 118 Å². The van der Waals surface area contributed by atoms with Gasteiger partial charge in [0.25, 0.3) is 0 Å². The minimum absolute atomic E-state index is 0.0341. The Morgan fingerprint density at radius 1 is 1.45 bits per heavy atom. The van der Waals surface area contributed by atoms with E-state index in [0.29, 0.717) is 25.3 Å². The smallest absolute Gasteiger partial charge is 0.333 e. The molecular formula is C14H22N2O4. The normalized spacial score (nSPS) is 11.9. The van der Waals surface area contributed by atoms with Gasteiger partial charge in [0.2, 0.25) is 0 Å². The Hall–Kier alpha value is -1.82. The maximum atomic E-state index is 11.2. The average molecular weight is 282 g/mol. The quantitative estimate of drug-likeness (QED) is 0.537. The molecular weight excluding hydrogens is 260 g/mol. The monoisotopic (exact) mass is 282 g/mol. The van der Waals surface area contributed by atoms with Gasteiger partial charge in [-0.1, -0.05) is 19.4 Å². The summed E-state index contributed by atoms with van der Waals surface area (Å²) in [6.07, 6.45) is 1.59. The van der Waals surface area contributed by atoms with Crippen LogP contribution in [0.2, 0.25) is 0 Å². The number of hydrogen-bond acceptors (Lipinski definition) is 5. The highest BCUT2D eigenvalue weighted by Crippen LogP contribution is 2.34. The zero-order valence-corrected chi connectivity index (χ0v) is 12.0. The molecule has 0 aliphatic heterocycles. The highest BCUT2D eigenvalue weighted by Gasteiger charge is 2.21. The zero-order valence-electron chi connectivity index (χ0n) is 12.0. The van der Waals surface area contributed by atoms with Crippen molar-refractivity contribution < 1.29 is 14.8 Å². The molecule has 6 nitrogen and oxygen atoms in total. The number of hydrogen-bond donors (Lipinski definition) is 2. The van der Waals surface area contributed by atoms with Crippen LogP contribution in [0.25, 0.3) is 0 Å². The lowest BCUT2D eigenvalue weighted by molar-refractivity contribution is -0.384. The molecule has 1 aromatic carbocycles. The van der Waals surface area contributed by atoms with Crippen molar-refractivity contribution in [3.8, 4) is 5.75 Å². The molecule has 112 valence electrons. The zero-order chi connectivity index (χ0) is 15.0. The van der Waals surface area contributed by atoms with Crippen LogP contribution < -0.4 is 10.1 Å². The number of rotatable bonds is 9. The van der Waals surface area contributed by atoms with Gasteiger partial charge in [-0.2, -0.15) is 0 Å². The summed E-state index contributed by atoms with van der Waals surface area (Å²) in [6, 6.07) is 5.00. The van der Waals surface area contributed by atoms with Crippen LogP contribution in [0.5, 0.6) is 5.75 Å². The Kier molecular flexibility index (Phi) is 6.79. The van der Waals surface area contributed by atoms with Crippen LogP contribution >= 0.6 is 0 Å². The SMILES string of the molecule is CCOc1cccc(NCC(CC)CCO)c1[N+](=O)[O-]. The van der Waals surface area contributed by atoms with E-state index in [-0.39, 0.29) is 24.0 Å². The van der Waals surface area contributed by atoms with E-state index in [9.17, 15) is 10.1 Å². The number of anilines is 1. The van der Waals surface area contributed by atoms with Crippen molar-refractivity contribution in [2.75, 3.05) is 25.1 Å². The molecule has 1 rings (SSSR count). The molecule has 1 unspecified atom stereocenters. The first-order valence-corrected chi connectivity index (χ1v) is 6.88. The van der Waals surface area contributed by atoms with E-state index >= 15 is 0 Å². The molecule has 0 fully saturated rings. The highest BCUT2D eigenvalue weighted by atomic mass is 16.6. The molecule has 0 saturated carbocycles. The fourth-order valence-corrected chi connectivity index (χ4v) is 2.01. The maximum absolute atomic E-state index is 11.2. The van der Waals surface area contributed by atoms with Gasteiger partial charge in [0.1, 0.15) is 5.69 Å². The summed E-state index contributed by atoms with van der Waals surface area (Å²) in [4.78, 5) is 10.8. The highest BCUT2D eigenvalue weighted by molar-refractivity contribution is 5.68. The molecule has 0 amide bonds. The van der Waals surface area contributed by atoms with Gasteiger partial charge in [0.15, 0.2) is 5.75 Å². The molecule has 1 atom stereocenters. The van der Waals surface area contributed by atoms with Crippen molar-refractivity contribution in [2.45, 2.75) is 26.7 Å². The second-order valence-electron chi connectivity index (χ2n) is 4.51. The first kappa shape index (κ1) is 16.2. The van der Waals surface area contributed by atoms with Gasteiger partial charge in [0, 0.05) is 13.2 Å². The summed E-state index contributed by atoms with van der Waals surface area (Å²) in [7, 11) is 0. The van der Waals surface area contributed by atoms with Crippen LogP contribution in [0.4, 0.5) is 11.4 Å². The van der Waals surface area contributed by atoms with E-state index in [1.807, 2.05) is 6.92 Å². The molecule has 6 heteroatoms. The van der Waals surface area contributed by atoms with Crippen LogP contribution in [0.15, 0.2) is 18.2 Å². The number of aliphatic hydroxyl groups is 1. The lowest BCUT2D eigenvalue weighted by atomic mass is 10.0. The summed E-state index contributed by atoms with van der Waals surface area (Å²) in [6.45, 7) is 4.92. The van der Waals surface area contributed by atoms with Gasteiger partial charge in [-0.25, -0.2) is 0 Å². The number of benzene rings is 1. The summed E-state index contributed by atoms with van der Waals surface area (Å²) in [5.74, 6) is 0.563. The molecule has 0 saturated heterocycles. The lowest BCUT2D eigenvalue weighted by Gasteiger charge is -2.16. The number of aliphatic hydroxyl groups excluding tert-OH is 1. The van der Waals surface area contributed by atoms with Crippen LogP contribution in [0.3, 0.4) is 0 Å². The summed E-state index contributed by atoms with van der Waals surface area (Å²) in [5, 5.41) is 23.3. The standard InChI is InChI=1S/C14H22N2O4/c1-3-11(8-9-17)10-15-12-6-5-7-13(20-4-2)14(12)16(18)19/h5-7,11,15,17H,3-4,8-10H2,1-2H3. The summed E-state index contributed by atoms with van der Waals surface area (Å²) >= 11 is 0. The number of nitro benzene ring substituents is 1. The molecule has 2 N–H and O–H groups in total. The Morgan fingerprint density at radius 2 is 2.20 bits per heavy atom. The average Bonchev–Trinajstić information content (AvgIpc) is 2.43. The van der Waals surface area contributed by atoms with Gasteiger partial charge < -0.3 is 15.2 Å². The van der Waals surface area contributed by atoms with Crippen molar-refractivity contribution in [3.63, 3.8) is 0 Å². The first-order chi connectivity index (χ1) is 9.63. The molecule has 20 heavy (non-hydrogen) atoms. The predicted octanol–water partition coefficient (Wildman–Crippen LogP) is 2.81. The van der Waals surface area contributed by atoms with E-state index in [1.54, 1.807) is 25.1 Å². The largest absolute Gasteiger partial charge is 0.487 e. The molecule has 0 aromatic heterocycles. The fourth-order valence-electron chi connectivity index (χ4n) is 2.01. The predicted molar refractivity (Wildman–Crippen MR) is 78.2 cm³/mol. The minimum Gasteiger partial charge on any atom is -0.487 e. The number of nitro groups is 1. The molecule has 0 aliphatic rings. The van der Waals surface area contributed by atoms with Gasteiger partial charge in [-0.3, -0.25) is 10.1 Å². The Bertz CT molecular complexity index is 437. The molecule has 0 spiro atoms. The molecule has 1 aromatic rings. The van der Waals surface area contributed by atoms with Crippen molar-refractivity contribution in [1.82, 2.24) is 0 Å². The topological polar surface area (TPSA) is 84.6 Å². The third kappa shape index (κ3) is 4.38. The number of para-hydroxylation sites is 1. The van der Waals surface area contributed by atoms with Crippen LogP contribution in [-0.2, 0) is 0 Å². The minimum atomic E-state index is -0.430. The van der Waals surface area contributed by atoms with Crippen LogP contribution in [-0.4, -0.2) is 29.8 Å². The molecule has 0 aliphatic carbocycles. The Morgan fingerprint density at radius 3 is 2.75 bits per heavy atom. The van der Waals surface area contributed by atoms with Crippen LogP contribution in [0, 0.1) is 16.0 Å². The molecule has 0 heterocycles. The van der Waals surface area contributed by atoms with Crippen LogP contribution in [0.1, 0.15) is 26.7 Å². The van der Waals surface area contributed by atoms with Gasteiger partial charge in [-0.05, 0) is 31.4 Å². The van der Waals surface area contributed by atoms with Crippen molar-refractivity contribution in [3.05, 3.63) is 28.3 Å². The van der Waals surface area contributed by atoms with Gasteiger partial charge >= 0.3 is 5.69 Å². The first-order valence-electron chi connectivity index (χ1n) is 6.88. The summed E-state index contributed by atoms with van der Waals surface area (Å²) in [5.41, 5.74) is 0.422. The van der Waals surface area contributed by atoms with E-state index in [2.05, 4.69) is 5.32 Å². The van der Waals surface area contributed by atoms with E-state index in [0.717, 1.165) is 6.42 Å². The third-order valence-electron chi connectivity index (χ3n) is 3.18. The van der Waals surface area contributed by atoms with E-state index < -0.39 is 4.92 Å². The maximum Gasteiger partial charge on any atom is 0.333 e. The Balaban J connectivity index is 2.88. The second-order valence-corrected chi connectivity index (χ2v) is 4.51. The number of nitrogens with one attached hydrogen (secondary N) is 1. The molecule has 0 radical (unpaired) electrons.